The van der Waals surface area contributed by atoms with Gasteiger partial charge in [-0.05, 0) is 31.7 Å². The quantitative estimate of drug-likeness (QED) is 0.848. The van der Waals surface area contributed by atoms with Gasteiger partial charge in [0.2, 0.25) is 0 Å². The molecular weight excluding hydrogens is 260 g/mol. The summed E-state index contributed by atoms with van der Waals surface area (Å²) < 4.78 is 26.2. The molecule has 0 radical (unpaired) electrons. The minimum Gasteiger partial charge on any atom is -0.304 e. The molecule has 1 aliphatic heterocycles. The van der Waals surface area contributed by atoms with Crippen LogP contribution in [0.25, 0.3) is 0 Å². The molecule has 0 aromatic heterocycles. The fourth-order valence-electron chi connectivity index (χ4n) is 2.57. The van der Waals surface area contributed by atoms with Crippen molar-refractivity contribution in [1.82, 2.24) is 9.80 Å². The minimum atomic E-state index is -0.860. The molecule has 0 spiro atoms. The number of rotatable bonds is 3. The second-order valence-electron chi connectivity index (χ2n) is 5.60. The summed E-state index contributed by atoms with van der Waals surface area (Å²) >= 11 is 0. The highest BCUT2D eigenvalue weighted by Gasteiger charge is 2.34. The van der Waals surface area contributed by atoms with Gasteiger partial charge in [-0.3, -0.25) is 4.90 Å². The summed E-state index contributed by atoms with van der Waals surface area (Å²) in [6.45, 7) is 5.30. The molecule has 0 bridgehead atoms. The van der Waals surface area contributed by atoms with E-state index < -0.39 is 17.2 Å². The number of hydrogen-bond acceptors (Lipinski definition) is 3. The molecule has 1 unspecified atom stereocenters. The predicted octanol–water partition coefficient (Wildman–Crippen LogP) is 2.04. The van der Waals surface area contributed by atoms with E-state index >= 15 is 0 Å². The molecule has 1 heterocycles. The Bertz CT molecular complexity index is 518. The maximum absolute atomic E-state index is 13.3. The van der Waals surface area contributed by atoms with E-state index in [1.54, 1.807) is 6.07 Å². The van der Waals surface area contributed by atoms with Crippen LogP contribution in [0, 0.1) is 23.0 Å². The van der Waals surface area contributed by atoms with Gasteiger partial charge in [0.05, 0.1) is 6.07 Å². The number of likely N-dealkylation sites (N-methyl/N-ethyl adjacent to an activating group) is 1. The lowest BCUT2D eigenvalue weighted by Gasteiger charge is -2.41. The highest BCUT2D eigenvalue weighted by molar-refractivity contribution is 5.23. The van der Waals surface area contributed by atoms with Crippen molar-refractivity contribution in [2.75, 3.05) is 33.2 Å². The SMILES string of the molecule is CN1CCN(C(C)(C#N)Cc2ccc(F)c(F)c2)CC1. The molecule has 108 valence electrons. The molecule has 2 rings (SSSR count). The number of nitriles is 1. The van der Waals surface area contributed by atoms with E-state index in [2.05, 4.69) is 22.9 Å². The monoisotopic (exact) mass is 279 g/mol. The lowest BCUT2D eigenvalue weighted by atomic mass is 9.91. The van der Waals surface area contributed by atoms with Crippen molar-refractivity contribution in [2.45, 2.75) is 18.9 Å². The van der Waals surface area contributed by atoms with Crippen molar-refractivity contribution in [3.63, 3.8) is 0 Å². The molecule has 1 saturated heterocycles. The van der Waals surface area contributed by atoms with Crippen LogP contribution in [0.2, 0.25) is 0 Å². The first kappa shape index (κ1) is 14.9. The third-order valence-corrected chi connectivity index (χ3v) is 3.97. The second-order valence-corrected chi connectivity index (χ2v) is 5.60. The number of nitrogens with zero attached hydrogens (tertiary/aromatic N) is 3. The largest absolute Gasteiger partial charge is 0.304 e. The Morgan fingerprint density at radius 1 is 1.20 bits per heavy atom. The van der Waals surface area contributed by atoms with Crippen molar-refractivity contribution >= 4 is 0 Å². The molecule has 1 aromatic rings. The molecule has 5 heteroatoms. The number of benzene rings is 1. The van der Waals surface area contributed by atoms with Crippen molar-refractivity contribution in [3.8, 4) is 6.07 Å². The standard InChI is InChI=1S/C15H19F2N3/c1-15(11-18,20-7-5-19(2)6-8-20)10-12-3-4-13(16)14(17)9-12/h3-4,9H,5-8,10H2,1-2H3. The Balaban J connectivity index is 2.14. The molecule has 1 aromatic carbocycles. The minimum absolute atomic E-state index is 0.393. The average Bonchev–Trinajstić information content (AvgIpc) is 2.43. The second kappa shape index (κ2) is 5.86. The van der Waals surface area contributed by atoms with Crippen LogP contribution in [-0.2, 0) is 6.42 Å². The number of hydrogen-bond donors (Lipinski definition) is 0. The van der Waals surface area contributed by atoms with Crippen molar-refractivity contribution in [1.29, 1.82) is 5.26 Å². The van der Waals surface area contributed by atoms with Gasteiger partial charge in [-0.25, -0.2) is 8.78 Å². The van der Waals surface area contributed by atoms with Crippen molar-refractivity contribution in [2.24, 2.45) is 0 Å². The highest BCUT2D eigenvalue weighted by atomic mass is 19.2. The first-order valence-corrected chi connectivity index (χ1v) is 6.73. The molecule has 3 nitrogen and oxygen atoms in total. The lowest BCUT2D eigenvalue weighted by Crippen LogP contribution is -2.55. The smallest absolute Gasteiger partial charge is 0.159 e. The fraction of sp³-hybridized carbons (Fsp3) is 0.533. The summed E-state index contributed by atoms with van der Waals surface area (Å²) in [7, 11) is 2.05. The molecular formula is C15H19F2N3. The molecule has 1 aliphatic rings. The molecule has 0 saturated carbocycles. The Labute approximate surface area is 118 Å². The summed E-state index contributed by atoms with van der Waals surface area (Å²) in [5.74, 6) is -1.71. The van der Waals surface area contributed by atoms with Crippen LogP contribution in [0.15, 0.2) is 18.2 Å². The number of halogens is 2. The predicted molar refractivity (Wildman–Crippen MR) is 73.2 cm³/mol. The van der Waals surface area contributed by atoms with Crippen LogP contribution in [0.5, 0.6) is 0 Å². The first-order valence-electron chi connectivity index (χ1n) is 6.73. The zero-order valence-corrected chi connectivity index (χ0v) is 11.9. The third-order valence-electron chi connectivity index (χ3n) is 3.97. The normalized spacial score (nSPS) is 20.4. The van der Waals surface area contributed by atoms with E-state index in [0.717, 1.165) is 32.2 Å². The van der Waals surface area contributed by atoms with E-state index in [4.69, 9.17) is 0 Å². The molecule has 1 atom stereocenters. The summed E-state index contributed by atoms with van der Waals surface area (Å²) in [4.78, 5) is 4.33. The van der Waals surface area contributed by atoms with E-state index in [1.165, 1.54) is 6.07 Å². The summed E-state index contributed by atoms with van der Waals surface area (Å²) in [6.07, 6.45) is 0.393. The van der Waals surface area contributed by atoms with Gasteiger partial charge in [0.1, 0.15) is 5.54 Å². The molecule has 0 aliphatic carbocycles. The van der Waals surface area contributed by atoms with Crippen LogP contribution in [0.1, 0.15) is 12.5 Å². The zero-order valence-electron chi connectivity index (χ0n) is 11.9. The molecule has 1 fully saturated rings. The number of piperazine rings is 1. The lowest BCUT2D eigenvalue weighted by molar-refractivity contribution is 0.0835. The summed E-state index contributed by atoms with van der Waals surface area (Å²) in [5.41, 5.74) is -0.0437. The van der Waals surface area contributed by atoms with E-state index in [-0.39, 0.29) is 0 Å². The van der Waals surface area contributed by atoms with Gasteiger partial charge in [0.15, 0.2) is 11.6 Å². The van der Waals surface area contributed by atoms with Gasteiger partial charge in [0, 0.05) is 32.6 Å². The van der Waals surface area contributed by atoms with Gasteiger partial charge in [-0.1, -0.05) is 6.07 Å². The van der Waals surface area contributed by atoms with Crippen LogP contribution in [0.3, 0.4) is 0 Å². The van der Waals surface area contributed by atoms with Crippen molar-refractivity contribution < 1.29 is 8.78 Å². The van der Waals surface area contributed by atoms with Crippen LogP contribution >= 0.6 is 0 Å². The highest BCUT2D eigenvalue weighted by Crippen LogP contribution is 2.23. The van der Waals surface area contributed by atoms with E-state index in [0.29, 0.717) is 12.0 Å². The van der Waals surface area contributed by atoms with Crippen LogP contribution in [-0.4, -0.2) is 48.6 Å². The van der Waals surface area contributed by atoms with Gasteiger partial charge in [-0.15, -0.1) is 0 Å². The first-order chi connectivity index (χ1) is 9.44. The van der Waals surface area contributed by atoms with Crippen LogP contribution < -0.4 is 0 Å². The Morgan fingerprint density at radius 2 is 1.85 bits per heavy atom. The molecule has 0 N–H and O–H groups in total. The maximum atomic E-state index is 13.3. The van der Waals surface area contributed by atoms with Crippen molar-refractivity contribution in [3.05, 3.63) is 35.4 Å². The maximum Gasteiger partial charge on any atom is 0.159 e. The van der Waals surface area contributed by atoms with Gasteiger partial charge in [0.25, 0.3) is 0 Å². The van der Waals surface area contributed by atoms with Gasteiger partial charge < -0.3 is 4.90 Å². The topological polar surface area (TPSA) is 30.3 Å². The zero-order chi connectivity index (χ0) is 14.8. The summed E-state index contributed by atoms with van der Waals surface area (Å²) in [5, 5.41) is 9.52. The van der Waals surface area contributed by atoms with Gasteiger partial charge in [-0.2, -0.15) is 5.26 Å². The van der Waals surface area contributed by atoms with Gasteiger partial charge >= 0.3 is 0 Å². The Kier molecular flexibility index (Phi) is 4.36. The van der Waals surface area contributed by atoms with Crippen LogP contribution in [0.4, 0.5) is 8.78 Å². The molecule has 0 amide bonds. The Morgan fingerprint density at radius 3 is 2.40 bits per heavy atom. The van der Waals surface area contributed by atoms with E-state index in [9.17, 15) is 14.0 Å². The summed E-state index contributed by atoms with van der Waals surface area (Å²) in [6, 6.07) is 6.18. The average molecular weight is 279 g/mol. The third kappa shape index (κ3) is 3.14. The Hall–Kier alpha value is -1.51. The fourth-order valence-corrected chi connectivity index (χ4v) is 2.57. The van der Waals surface area contributed by atoms with E-state index in [1.807, 2.05) is 6.92 Å². The molecule has 20 heavy (non-hydrogen) atoms.